The number of ether oxygens (including phenoxy) is 4. The number of carbonyl (C=O) groups excluding carboxylic acids is 1. The Morgan fingerprint density at radius 3 is 3.00 bits per heavy atom. The predicted molar refractivity (Wildman–Crippen MR) is 149 cm³/mol. The van der Waals surface area contributed by atoms with Crippen LogP contribution in [0.5, 0.6) is 0 Å². The van der Waals surface area contributed by atoms with Crippen molar-refractivity contribution in [1.82, 2.24) is 25.1 Å². The van der Waals surface area contributed by atoms with Crippen molar-refractivity contribution < 1.29 is 28.8 Å². The second-order valence-corrected chi connectivity index (χ2v) is 9.90. The van der Waals surface area contributed by atoms with E-state index < -0.39 is 12.6 Å². The Kier molecular flexibility index (Phi) is 9.56. The van der Waals surface area contributed by atoms with Crippen LogP contribution in [0.4, 0.5) is 10.6 Å². The molecule has 0 spiro atoms. The maximum Gasteiger partial charge on any atom is 0.407 e. The number of aliphatic imine (C=N–C) groups is 1. The summed E-state index contributed by atoms with van der Waals surface area (Å²) < 4.78 is 23.2. The van der Waals surface area contributed by atoms with Gasteiger partial charge in [0.15, 0.2) is 5.82 Å². The third kappa shape index (κ3) is 7.47. The molecule has 0 saturated heterocycles. The first-order chi connectivity index (χ1) is 20.0. The van der Waals surface area contributed by atoms with Gasteiger partial charge in [-0.25, -0.2) is 14.5 Å². The molecule has 14 nitrogen and oxygen atoms in total. The van der Waals surface area contributed by atoms with Crippen LogP contribution >= 0.6 is 0 Å². The summed E-state index contributed by atoms with van der Waals surface area (Å²) in [4.78, 5) is 21.0. The summed E-state index contributed by atoms with van der Waals surface area (Å²) in [6.07, 6.45) is 9.05. The molecular formula is C27H36N8O6. The number of amidine groups is 1. The van der Waals surface area contributed by atoms with Crippen LogP contribution in [-0.2, 0) is 32.2 Å². The minimum atomic E-state index is -1.37. The molecule has 14 heteroatoms. The Bertz CT molecular complexity index is 1270. The second-order valence-electron chi connectivity index (χ2n) is 9.90. The van der Waals surface area contributed by atoms with E-state index >= 15 is 0 Å². The van der Waals surface area contributed by atoms with Crippen molar-refractivity contribution >= 4 is 23.5 Å². The van der Waals surface area contributed by atoms with E-state index in [2.05, 4.69) is 25.7 Å². The van der Waals surface area contributed by atoms with E-state index in [0.717, 1.165) is 29.8 Å². The summed E-state index contributed by atoms with van der Waals surface area (Å²) in [7, 11) is 1.65. The number of aromatic nitrogens is 3. The summed E-state index contributed by atoms with van der Waals surface area (Å²) in [5.41, 5.74) is 2.72. The molecule has 2 aromatic rings. The third-order valence-corrected chi connectivity index (χ3v) is 7.02. The highest BCUT2D eigenvalue weighted by Gasteiger charge is 2.34. The Hall–Kier alpha value is -3.85. The number of alkyl carbamates (subject to hydrolysis) is 1. The maximum absolute atomic E-state index is 12.4. The molecule has 0 aromatic carbocycles. The summed E-state index contributed by atoms with van der Waals surface area (Å²) in [6, 6.07) is 5.58. The zero-order valence-electron chi connectivity index (χ0n) is 23.2. The van der Waals surface area contributed by atoms with E-state index in [9.17, 15) is 9.90 Å². The number of methoxy groups -OCH3 is 1. The van der Waals surface area contributed by atoms with Crippen molar-refractivity contribution in [1.29, 1.82) is 0 Å². The maximum atomic E-state index is 12.4. The molecule has 2 unspecified atom stereocenters. The quantitative estimate of drug-likeness (QED) is 0.325. The highest BCUT2D eigenvalue weighted by molar-refractivity contribution is 6.04. The first-order valence-electron chi connectivity index (χ1n) is 13.7. The molecule has 2 aromatic heterocycles. The Morgan fingerprint density at radius 2 is 2.20 bits per heavy atom. The van der Waals surface area contributed by atoms with Gasteiger partial charge in [-0.15, -0.1) is 0 Å². The number of aliphatic hydroxyl groups is 1. The number of rotatable bonds is 12. The number of amides is 1. The van der Waals surface area contributed by atoms with Crippen LogP contribution in [0.1, 0.15) is 49.8 Å². The van der Waals surface area contributed by atoms with Gasteiger partial charge >= 0.3 is 6.09 Å². The monoisotopic (exact) mass is 568 g/mol. The zero-order valence-corrected chi connectivity index (χ0v) is 23.2. The molecule has 1 saturated carbocycles. The molecule has 1 amide bonds. The number of anilines is 1. The molecule has 41 heavy (non-hydrogen) atoms. The Balaban J connectivity index is 1.23. The third-order valence-electron chi connectivity index (χ3n) is 7.02. The molecule has 2 aliphatic heterocycles. The fraction of sp³-hybridized carbons (Fsp3) is 0.519. The fourth-order valence-electron chi connectivity index (χ4n) is 5.15. The molecule has 1 aliphatic carbocycles. The highest BCUT2D eigenvalue weighted by Crippen LogP contribution is 2.37. The largest absolute Gasteiger partial charge is 0.446 e. The van der Waals surface area contributed by atoms with Crippen molar-refractivity contribution in [2.45, 2.75) is 70.4 Å². The zero-order chi connectivity index (χ0) is 28.6. The molecule has 4 heterocycles. The Morgan fingerprint density at radius 1 is 1.29 bits per heavy atom. The lowest BCUT2D eigenvalue weighted by atomic mass is 10.0. The van der Waals surface area contributed by atoms with E-state index in [-0.39, 0.29) is 24.8 Å². The van der Waals surface area contributed by atoms with Gasteiger partial charge in [0.25, 0.3) is 6.48 Å². The number of aliphatic hydroxyl groups excluding tert-OH is 1. The molecule has 1 fully saturated rings. The van der Waals surface area contributed by atoms with Crippen molar-refractivity contribution in [3.8, 4) is 0 Å². The molecule has 5 rings (SSSR count). The molecule has 3 N–H and O–H groups in total. The smallest absolute Gasteiger partial charge is 0.407 e. The first kappa shape index (κ1) is 28.7. The molecule has 3 aliphatic rings. The van der Waals surface area contributed by atoms with Gasteiger partial charge in [0.05, 0.1) is 12.3 Å². The van der Waals surface area contributed by atoms with Gasteiger partial charge in [-0.2, -0.15) is 10.2 Å². The topological polar surface area (TPSA) is 157 Å². The van der Waals surface area contributed by atoms with Crippen molar-refractivity contribution in [2.75, 3.05) is 25.6 Å². The second kappa shape index (κ2) is 13.7. The molecule has 0 radical (unpaired) electrons. The van der Waals surface area contributed by atoms with Crippen molar-refractivity contribution in [3.63, 3.8) is 0 Å². The van der Waals surface area contributed by atoms with Crippen LogP contribution in [0, 0.1) is 0 Å². The van der Waals surface area contributed by atoms with E-state index in [4.69, 9.17) is 24.0 Å². The minimum Gasteiger partial charge on any atom is -0.446 e. The summed E-state index contributed by atoms with van der Waals surface area (Å²) >= 11 is 0. The number of nitrogens with zero attached hydrogens (tertiary/aromatic N) is 6. The summed E-state index contributed by atoms with van der Waals surface area (Å²) in [5, 5.41) is 27.2. The predicted octanol–water partition coefficient (Wildman–Crippen LogP) is 2.50. The van der Waals surface area contributed by atoms with E-state index in [1.54, 1.807) is 37.3 Å². The standard InChI is InChI=1S/C27H36N8O6/c1-3-39-27(37)40-17-35-22(19-6-7-21(11-19)41-26(36)30-15-18-5-4-8-28-14-18)13-24(33-35)31-25-23-12-20(16-38-2)32-34(23)10-9-29-25/h4-5,8-10,13-14,19,21,23,27,37H,3,6-7,11-12,15-17H2,1-2H3,(H,30,36)(H,29,31,33)/t19-,21+,23?,27?/m0/s1. The number of carbonyl (C=O) groups is 1. The van der Waals surface area contributed by atoms with Gasteiger partial charge in [0.2, 0.25) is 0 Å². The lowest BCUT2D eigenvalue weighted by Gasteiger charge is -2.24. The van der Waals surface area contributed by atoms with E-state index in [1.165, 1.54) is 0 Å². The number of nitrogens with one attached hydrogen (secondary N) is 2. The normalized spacial score (nSPS) is 22.2. The number of hydrazone groups is 1. The van der Waals surface area contributed by atoms with Crippen LogP contribution in [0.15, 0.2) is 53.1 Å². The van der Waals surface area contributed by atoms with Crippen LogP contribution < -0.4 is 10.6 Å². The van der Waals surface area contributed by atoms with Gasteiger partial charge in [0, 0.05) is 69.2 Å². The highest BCUT2D eigenvalue weighted by atomic mass is 16.8. The number of hydrogen-bond acceptors (Lipinski definition) is 12. The van der Waals surface area contributed by atoms with E-state index in [0.29, 0.717) is 44.3 Å². The van der Waals surface area contributed by atoms with Gasteiger partial charge in [0.1, 0.15) is 24.7 Å². The van der Waals surface area contributed by atoms with Gasteiger partial charge in [-0.1, -0.05) is 6.07 Å². The minimum absolute atomic E-state index is 0.0190. The van der Waals surface area contributed by atoms with Crippen LogP contribution in [0.25, 0.3) is 0 Å². The van der Waals surface area contributed by atoms with Crippen molar-refractivity contribution in [2.24, 2.45) is 10.1 Å². The summed E-state index contributed by atoms with van der Waals surface area (Å²) in [6.45, 7) is 1.50. The lowest BCUT2D eigenvalue weighted by Crippen LogP contribution is -2.38. The molecule has 4 atom stereocenters. The number of fused-ring (bicyclic) bond motifs is 1. The summed E-state index contributed by atoms with van der Waals surface area (Å²) in [5.74, 6) is 1.36. The van der Waals surface area contributed by atoms with Gasteiger partial charge < -0.3 is 34.7 Å². The average molecular weight is 569 g/mol. The SMILES string of the molecule is CCOC(O)OCn1nc(NC2=NC=CN3N=C(COC)CC23)cc1[C@H]1CC[C@@H](OC(=O)NCc2cccnc2)C1. The van der Waals surface area contributed by atoms with Gasteiger partial charge in [-0.3, -0.25) is 9.99 Å². The number of hydrogen-bond donors (Lipinski definition) is 3. The van der Waals surface area contributed by atoms with Crippen LogP contribution in [0.2, 0.25) is 0 Å². The van der Waals surface area contributed by atoms with Crippen LogP contribution in [0.3, 0.4) is 0 Å². The molecular weight excluding hydrogens is 532 g/mol. The van der Waals surface area contributed by atoms with Gasteiger partial charge in [-0.05, 0) is 37.8 Å². The van der Waals surface area contributed by atoms with Crippen molar-refractivity contribution in [3.05, 3.63) is 54.3 Å². The average Bonchev–Trinajstić information content (AvgIpc) is 3.70. The lowest BCUT2D eigenvalue weighted by molar-refractivity contribution is -0.276. The number of pyridine rings is 1. The first-order valence-corrected chi connectivity index (χ1v) is 13.7. The molecule has 0 bridgehead atoms. The van der Waals surface area contributed by atoms with E-state index in [1.807, 2.05) is 29.4 Å². The van der Waals surface area contributed by atoms with Crippen LogP contribution in [-0.4, -0.2) is 81.5 Å². The molecule has 220 valence electrons. The fourth-order valence-corrected chi connectivity index (χ4v) is 5.15. The Labute approximate surface area is 238 Å².